The molecular weight excluding hydrogens is 210 g/mol. The van der Waals surface area contributed by atoms with E-state index in [-0.39, 0.29) is 0 Å². The predicted octanol–water partition coefficient (Wildman–Crippen LogP) is 3.77. The Morgan fingerprint density at radius 1 is 1.60 bits per heavy atom. The Morgan fingerprint density at radius 2 is 2.40 bits per heavy atom. The predicted molar refractivity (Wildman–Crippen MR) is 62.1 cm³/mol. The van der Waals surface area contributed by atoms with Gasteiger partial charge < -0.3 is 9.73 Å². The Balaban J connectivity index is 1.94. The average molecular weight is 228 g/mol. The van der Waals surface area contributed by atoms with Crippen molar-refractivity contribution in [3.63, 3.8) is 0 Å². The van der Waals surface area contributed by atoms with Gasteiger partial charge >= 0.3 is 0 Å². The van der Waals surface area contributed by atoms with Crippen LogP contribution in [0.15, 0.2) is 16.7 Å². The first kappa shape index (κ1) is 11.0. The molecule has 3 heteroatoms. The molecule has 0 bridgehead atoms. The maximum atomic E-state index is 5.99. The van der Waals surface area contributed by atoms with Crippen molar-refractivity contribution >= 4 is 11.6 Å². The molecule has 1 heterocycles. The number of halogens is 1. The quantitative estimate of drug-likeness (QED) is 0.800. The van der Waals surface area contributed by atoms with Crippen molar-refractivity contribution in [3.8, 4) is 0 Å². The molecule has 1 N–H and O–H groups in total. The second-order valence-corrected chi connectivity index (χ2v) is 4.62. The van der Waals surface area contributed by atoms with E-state index >= 15 is 0 Å². The van der Waals surface area contributed by atoms with Crippen molar-refractivity contribution in [2.45, 2.75) is 38.6 Å². The van der Waals surface area contributed by atoms with E-state index in [4.69, 9.17) is 16.0 Å². The molecule has 1 saturated carbocycles. The summed E-state index contributed by atoms with van der Waals surface area (Å²) in [5.41, 5.74) is 1.11. The van der Waals surface area contributed by atoms with Crippen molar-refractivity contribution in [2.24, 2.45) is 5.92 Å². The van der Waals surface area contributed by atoms with Crippen molar-refractivity contribution in [1.82, 2.24) is 5.32 Å². The summed E-state index contributed by atoms with van der Waals surface area (Å²) in [5, 5.41) is 4.00. The first-order valence-electron chi connectivity index (χ1n) is 5.77. The minimum absolute atomic E-state index is 0.363. The third-order valence-electron chi connectivity index (χ3n) is 3.03. The molecule has 84 valence electrons. The van der Waals surface area contributed by atoms with Crippen LogP contribution < -0.4 is 5.32 Å². The van der Waals surface area contributed by atoms with Crippen LogP contribution in [0.3, 0.4) is 0 Å². The highest BCUT2D eigenvalue weighted by Gasteiger charge is 2.24. The lowest BCUT2D eigenvalue weighted by molar-refractivity contribution is 0.474. The van der Waals surface area contributed by atoms with Gasteiger partial charge in [0.05, 0.1) is 6.26 Å². The second kappa shape index (κ2) is 5.04. The molecule has 2 rings (SSSR count). The van der Waals surface area contributed by atoms with Crippen LogP contribution in [-0.4, -0.2) is 6.54 Å². The van der Waals surface area contributed by atoms with Crippen LogP contribution >= 0.6 is 11.6 Å². The molecule has 1 aromatic heterocycles. The van der Waals surface area contributed by atoms with Gasteiger partial charge in [-0.15, -0.1) is 0 Å². The number of furan rings is 1. The largest absolute Gasteiger partial charge is 0.453 e. The maximum absolute atomic E-state index is 5.99. The number of nitrogens with one attached hydrogen (secondary N) is 1. The van der Waals surface area contributed by atoms with Crippen LogP contribution in [0.2, 0.25) is 5.22 Å². The molecule has 0 spiro atoms. The number of rotatable bonds is 6. The fourth-order valence-electron chi connectivity index (χ4n) is 1.98. The molecular formula is C12H18ClNO. The lowest BCUT2D eigenvalue weighted by Crippen LogP contribution is -2.20. The zero-order valence-electron chi connectivity index (χ0n) is 9.13. The fourth-order valence-corrected chi connectivity index (χ4v) is 2.22. The molecule has 1 aromatic rings. The molecule has 1 fully saturated rings. The van der Waals surface area contributed by atoms with E-state index in [0.29, 0.717) is 11.3 Å². The third-order valence-corrected chi connectivity index (χ3v) is 3.34. The van der Waals surface area contributed by atoms with Gasteiger partial charge in [0.15, 0.2) is 5.22 Å². The van der Waals surface area contributed by atoms with Crippen LogP contribution in [0.25, 0.3) is 0 Å². The van der Waals surface area contributed by atoms with Gasteiger partial charge in [-0.05, 0) is 43.0 Å². The molecule has 15 heavy (non-hydrogen) atoms. The van der Waals surface area contributed by atoms with Crippen LogP contribution in [0.4, 0.5) is 0 Å². The van der Waals surface area contributed by atoms with Crippen LogP contribution in [-0.2, 0) is 0 Å². The van der Waals surface area contributed by atoms with Gasteiger partial charge in [-0.3, -0.25) is 0 Å². The normalized spacial score (nSPS) is 18.0. The van der Waals surface area contributed by atoms with Crippen molar-refractivity contribution in [1.29, 1.82) is 0 Å². The summed E-state index contributed by atoms with van der Waals surface area (Å²) in [6.07, 6.45) is 6.96. The van der Waals surface area contributed by atoms with E-state index in [1.807, 2.05) is 6.07 Å². The molecule has 0 aliphatic heterocycles. The van der Waals surface area contributed by atoms with Crippen LogP contribution in [0.1, 0.15) is 44.2 Å². The lowest BCUT2D eigenvalue weighted by Gasteiger charge is -2.16. The second-order valence-electron chi connectivity index (χ2n) is 4.28. The summed E-state index contributed by atoms with van der Waals surface area (Å²) in [5.74, 6) is 0.969. The van der Waals surface area contributed by atoms with Gasteiger partial charge in [-0.2, -0.15) is 0 Å². The van der Waals surface area contributed by atoms with E-state index in [1.54, 1.807) is 6.26 Å². The summed E-state index contributed by atoms with van der Waals surface area (Å²) in [4.78, 5) is 0. The van der Waals surface area contributed by atoms with Crippen molar-refractivity contribution in [3.05, 3.63) is 23.1 Å². The van der Waals surface area contributed by atoms with E-state index < -0.39 is 0 Å². The topological polar surface area (TPSA) is 25.2 Å². The Hall–Kier alpha value is -0.470. The summed E-state index contributed by atoms with van der Waals surface area (Å²) in [6, 6.07) is 2.34. The van der Waals surface area contributed by atoms with Gasteiger partial charge in [0.1, 0.15) is 0 Å². The first-order chi connectivity index (χ1) is 7.31. The molecule has 0 saturated heterocycles. The van der Waals surface area contributed by atoms with Gasteiger partial charge in [0.25, 0.3) is 0 Å². The highest BCUT2D eigenvalue weighted by molar-refractivity contribution is 6.29. The van der Waals surface area contributed by atoms with E-state index in [9.17, 15) is 0 Å². The Morgan fingerprint density at radius 3 is 2.93 bits per heavy atom. The Bertz CT molecular complexity index is 306. The Kier molecular flexibility index (Phi) is 3.71. The minimum atomic E-state index is 0.363. The van der Waals surface area contributed by atoms with Crippen LogP contribution in [0.5, 0.6) is 0 Å². The molecule has 1 aliphatic rings. The van der Waals surface area contributed by atoms with Crippen LogP contribution in [0, 0.1) is 5.92 Å². The SMILES string of the molecule is CCNC(CCC1CC1)c1ccoc1Cl. The standard InChI is InChI=1S/C12H18ClNO/c1-2-14-11(6-5-9-3-4-9)10-7-8-15-12(10)13/h7-9,11,14H,2-6H2,1H3. The minimum Gasteiger partial charge on any atom is -0.453 e. The zero-order chi connectivity index (χ0) is 10.7. The summed E-state index contributed by atoms with van der Waals surface area (Å²) >= 11 is 5.99. The highest BCUT2D eigenvalue weighted by atomic mass is 35.5. The number of hydrogen-bond donors (Lipinski definition) is 1. The van der Waals surface area contributed by atoms with Crippen molar-refractivity contribution in [2.75, 3.05) is 6.54 Å². The van der Waals surface area contributed by atoms with E-state index in [1.165, 1.54) is 19.3 Å². The van der Waals surface area contributed by atoms with Crippen molar-refractivity contribution < 1.29 is 4.42 Å². The monoisotopic (exact) mass is 227 g/mol. The molecule has 0 amide bonds. The number of hydrogen-bond acceptors (Lipinski definition) is 2. The molecule has 1 atom stereocenters. The molecule has 2 nitrogen and oxygen atoms in total. The lowest BCUT2D eigenvalue weighted by atomic mass is 10.0. The average Bonchev–Trinajstić information content (AvgIpc) is 2.96. The first-order valence-corrected chi connectivity index (χ1v) is 6.15. The van der Waals surface area contributed by atoms with Gasteiger partial charge in [-0.1, -0.05) is 19.8 Å². The maximum Gasteiger partial charge on any atom is 0.197 e. The third kappa shape index (κ3) is 2.99. The zero-order valence-corrected chi connectivity index (χ0v) is 9.89. The Labute approximate surface area is 96.0 Å². The summed E-state index contributed by atoms with van der Waals surface area (Å²) in [6.45, 7) is 3.09. The van der Waals surface area contributed by atoms with Gasteiger partial charge in [0, 0.05) is 11.6 Å². The fraction of sp³-hybridized carbons (Fsp3) is 0.667. The molecule has 0 radical (unpaired) electrons. The van der Waals surface area contributed by atoms with E-state index in [2.05, 4.69) is 12.2 Å². The van der Waals surface area contributed by atoms with Gasteiger partial charge in [-0.25, -0.2) is 0 Å². The molecule has 0 aromatic carbocycles. The summed E-state index contributed by atoms with van der Waals surface area (Å²) < 4.78 is 5.14. The molecule has 1 unspecified atom stereocenters. The summed E-state index contributed by atoms with van der Waals surface area (Å²) in [7, 11) is 0. The highest BCUT2D eigenvalue weighted by Crippen LogP contribution is 2.37. The smallest absolute Gasteiger partial charge is 0.197 e. The van der Waals surface area contributed by atoms with Gasteiger partial charge in [0.2, 0.25) is 0 Å². The van der Waals surface area contributed by atoms with E-state index in [0.717, 1.165) is 24.4 Å². The molecule has 1 aliphatic carbocycles.